The molecular weight excluding hydrogens is 200 g/mol. The topological polar surface area (TPSA) is 47.1 Å². The van der Waals surface area contributed by atoms with Crippen molar-refractivity contribution in [2.75, 3.05) is 19.3 Å². The van der Waals surface area contributed by atoms with Crippen molar-refractivity contribution >= 4 is 5.82 Å². The van der Waals surface area contributed by atoms with Crippen LogP contribution in [0.1, 0.15) is 32.0 Å². The molecule has 0 spiro atoms. The van der Waals surface area contributed by atoms with E-state index in [1.54, 1.807) is 0 Å². The summed E-state index contributed by atoms with van der Waals surface area (Å²) in [6.45, 7) is 7.66. The first-order valence-electron chi connectivity index (χ1n) is 6.01. The summed E-state index contributed by atoms with van der Waals surface area (Å²) in [4.78, 5) is 2.41. The molecule has 2 N–H and O–H groups in total. The summed E-state index contributed by atoms with van der Waals surface area (Å²) < 4.78 is 2.02. The second kappa shape index (κ2) is 4.09. The van der Waals surface area contributed by atoms with Gasteiger partial charge < -0.3 is 10.6 Å². The van der Waals surface area contributed by atoms with E-state index in [1.165, 1.54) is 0 Å². The zero-order chi connectivity index (χ0) is 11.9. The summed E-state index contributed by atoms with van der Waals surface area (Å²) in [6.07, 6.45) is 1.13. The molecule has 3 atom stereocenters. The van der Waals surface area contributed by atoms with Crippen molar-refractivity contribution in [3.05, 3.63) is 11.8 Å². The minimum Gasteiger partial charge on any atom is -0.384 e. The number of aryl methyl sites for hydroxylation is 1. The number of aromatic nitrogens is 2. The molecule has 16 heavy (non-hydrogen) atoms. The highest BCUT2D eigenvalue weighted by Crippen LogP contribution is 2.32. The van der Waals surface area contributed by atoms with E-state index in [0.29, 0.717) is 18.0 Å². The van der Waals surface area contributed by atoms with Crippen LogP contribution in [0, 0.1) is 12.8 Å². The molecule has 0 aliphatic carbocycles. The van der Waals surface area contributed by atoms with Crippen LogP contribution in [-0.2, 0) is 0 Å². The summed E-state index contributed by atoms with van der Waals surface area (Å²) in [6, 6.07) is 3.00. The lowest BCUT2D eigenvalue weighted by atomic mass is 9.90. The quantitative estimate of drug-likeness (QED) is 0.786. The van der Waals surface area contributed by atoms with Crippen LogP contribution in [0.3, 0.4) is 0 Å². The minimum atomic E-state index is 0.444. The highest BCUT2D eigenvalue weighted by atomic mass is 15.3. The number of nitrogens with zero attached hydrogens (tertiary/aromatic N) is 3. The van der Waals surface area contributed by atoms with Crippen LogP contribution in [0.25, 0.3) is 0 Å². The van der Waals surface area contributed by atoms with Crippen molar-refractivity contribution < 1.29 is 0 Å². The molecule has 1 saturated heterocycles. The van der Waals surface area contributed by atoms with Crippen LogP contribution in [0.5, 0.6) is 0 Å². The van der Waals surface area contributed by atoms with Crippen LogP contribution in [0.2, 0.25) is 0 Å². The van der Waals surface area contributed by atoms with E-state index in [0.717, 1.165) is 24.5 Å². The van der Waals surface area contributed by atoms with E-state index >= 15 is 0 Å². The van der Waals surface area contributed by atoms with E-state index in [2.05, 4.69) is 30.9 Å². The zero-order valence-corrected chi connectivity index (χ0v) is 10.6. The number of rotatable bonds is 1. The maximum absolute atomic E-state index is 6.00. The normalized spacial score (nSPS) is 31.9. The SMILES string of the molecule is Cc1cc(N)n(C2CC(C)N(C)CC2C)n1. The number of hydrogen-bond donors (Lipinski definition) is 1. The minimum absolute atomic E-state index is 0.444. The Morgan fingerprint density at radius 1 is 1.44 bits per heavy atom. The lowest BCUT2D eigenvalue weighted by Gasteiger charge is -2.39. The van der Waals surface area contributed by atoms with Crippen LogP contribution < -0.4 is 5.73 Å². The average Bonchev–Trinajstić information content (AvgIpc) is 2.51. The van der Waals surface area contributed by atoms with Crippen LogP contribution in [0.15, 0.2) is 6.07 Å². The molecule has 90 valence electrons. The molecule has 2 rings (SSSR count). The van der Waals surface area contributed by atoms with Gasteiger partial charge in [-0.1, -0.05) is 6.92 Å². The Hall–Kier alpha value is -1.03. The average molecular weight is 222 g/mol. The van der Waals surface area contributed by atoms with Gasteiger partial charge >= 0.3 is 0 Å². The molecule has 4 heteroatoms. The third kappa shape index (κ3) is 1.94. The Balaban J connectivity index is 2.23. The Labute approximate surface area is 97.4 Å². The van der Waals surface area contributed by atoms with E-state index in [-0.39, 0.29) is 0 Å². The third-order valence-electron chi connectivity index (χ3n) is 3.77. The van der Waals surface area contributed by atoms with Gasteiger partial charge in [-0.25, -0.2) is 4.68 Å². The number of likely N-dealkylation sites (tertiary alicyclic amines) is 1. The van der Waals surface area contributed by atoms with Crippen molar-refractivity contribution in [2.24, 2.45) is 5.92 Å². The van der Waals surface area contributed by atoms with Crippen LogP contribution in [0.4, 0.5) is 5.82 Å². The van der Waals surface area contributed by atoms with Gasteiger partial charge in [0, 0.05) is 18.7 Å². The molecule has 3 unspecified atom stereocenters. The molecular formula is C12H22N4. The largest absolute Gasteiger partial charge is 0.384 e. The predicted molar refractivity (Wildman–Crippen MR) is 66.3 cm³/mol. The standard InChI is InChI=1S/C12H22N4/c1-8-7-15(4)10(3)6-11(8)16-12(13)5-9(2)14-16/h5,8,10-11H,6-7,13H2,1-4H3. The molecule has 4 nitrogen and oxygen atoms in total. The Morgan fingerprint density at radius 3 is 2.69 bits per heavy atom. The number of nitrogens with two attached hydrogens (primary N) is 1. The second-order valence-electron chi connectivity index (χ2n) is 5.22. The summed E-state index contributed by atoms with van der Waals surface area (Å²) in [5.41, 5.74) is 7.01. The molecule has 0 saturated carbocycles. The van der Waals surface area contributed by atoms with E-state index in [4.69, 9.17) is 5.73 Å². The van der Waals surface area contributed by atoms with E-state index < -0.39 is 0 Å². The van der Waals surface area contributed by atoms with E-state index in [9.17, 15) is 0 Å². The summed E-state index contributed by atoms with van der Waals surface area (Å²) in [7, 11) is 2.19. The van der Waals surface area contributed by atoms with Crippen molar-refractivity contribution in [3.63, 3.8) is 0 Å². The molecule has 1 fully saturated rings. The number of nitrogen functional groups attached to an aromatic ring is 1. The van der Waals surface area contributed by atoms with E-state index in [1.807, 2.05) is 17.7 Å². The van der Waals surface area contributed by atoms with Crippen molar-refractivity contribution in [2.45, 2.75) is 39.3 Å². The predicted octanol–water partition coefficient (Wildman–Crippen LogP) is 1.67. The second-order valence-corrected chi connectivity index (χ2v) is 5.22. The molecule has 0 amide bonds. The van der Waals surface area contributed by atoms with Crippen LogP contribution in [-0.4, -0.2) is 34.3 Å². The molecule has 1 aliphatic rings. The monoisotopic (exact) mass is 222 g/mol. The summed E-state index contributed by atoms with van der Waals surface area (Å²) >= 11 is 0. The highest BCUT2D eigenvalue weighted by molar-refractivity contribution is 5.31. The number of anilines is 1. The summed E-state index contributed by atoms with van der Waals surface area (Å²) in [5, 5.41) is 4.52. The first-order chi connectivity index (χ1) is 7.49. The van der Waals surface area contributed by atoms with Gasteiger partial charge in [0.2, 0.25) is 0 Å². The molecule has 1 aliphatic heterocycles. The van der Waals surface area contributed by atoms with Crippen molar-refractivity contribution in [1.29, 1.82) is 0 Å². The number of hydrogen-bond acceptors (Lipinski definition) is 3. The van der Waals surface area contributed by atoms with Gasteiger partial charge in [0.25, 0.3) is 0 Å². The molecule has 1 aromatic rings. The maximum atomic E-state index is 6.00. The Kier molecular flexibility index (Phi) is 2.93. The maximum Gasteiger partial charge on any atom is 0.122 e. The first-order valence-corrected chi connectivity index (χ1v) is 6.01. The smallest absolute Gasteiger partial charge is 0.122 e. The Bertz CT molecular complexity index is 371. The van der Waals surface area contributed by atoms with Gasteiger partial charge in [0.15, 0.2) is 0 Å². The van der Waals surface area contributed by atoms with Gasteiger partial charge in [0.1, 0.15) is 5.82 Å². The molecule has 2 heterocycles. The molecule has 1 aromatic heterocycles. The fraction of sp³-hybridized carbons (Fsp3) is 0.750. The van der Waals surface area contributed by atoms with Crippen molar-refractivity contribution in [1.82, 2.24) is 14.7 Å². The molecule has 0 radical (unpaired) electrons. The van der Waals surface area contributed by atoms with Gasteiger partial charge in [-0.05, 0) is 33.2 Å². The molecule has 0 aromatic carbocycles. The van der Waals surface area contributed by atoms with Crippen molar-refractivity contribution in [3.8, 4) is 0 Å². The highest BCUT2D eigenvalue weighted by Gasteiger charge is 2.31. The summed E-state index contributed by atoms with van der Waals surface area (Å²) in [5.74, 6) is 1.40. The van der Waals surface area contributed by atoms with Gasteiger partial charge in [-0.15, -0.1) is 0 Å². The molecule has 0 bridgehead atoms. The van der Waals surface area contributed by atoms with Gasteiger partial charge in [-0.3, -0.25) is 0 Å². The van der Waals surface area contributed by atoms with Gasteiger partial charge in [0.05, 0.1) is 11.7 Å². The third-order valence-corrected chi connectivity index (χ3v) is 3.77. The van der Waals surface area contributed by atoms with Gasteiger partial charge in [-0.2, -0.15) is 5.10 Å². The lowest BCUT2D eigenvalue weighted by molar-refractivity contribution is 0.102. The fourth-order valence-electron chi connectivity index (χ4n) is 2.66. The Morgan fingerprint density at radius 2 is 2.12 bits per heavy atom. The van der Waals surface area contributed by atoms with Crippen LogP contribution >= 0.6 is 0 Å². The first kappa shape index (κ1) is 11.5. The fourth-order valence-corrected chi connectivity index (χ4v) is 2.66. The zero-order valence-electron chi connectivity index (χ0n) is 10.6. The number of piperidine rings is 1. The lowest BCUT2D eigenvalue weighted by Crippen LogP contribution is -2.43.